The Bertz CT molecular complexity index is 1320. The molecule has 4 aromatic rings. The summed E-state index contributed by atoms with van der Waals surface area (Å²) in [5.41, 5.74) is 3.98. The molecule has 1 aliphatic rings. The molecule has 0 aliphatic carbocycles. The van der Waals surface area contributed by atoms with E-state index in [4.69, 9.17) is 9.72 Å². The van der Waals surface area contributed by atoms with Crippen molar-refractivity contribution in [2.45, 2.75) is 26.2 Å². The van der Waals surface area contributed by atoms with Crippen molar-refractivity contribution in [2.24, 2.45) is 0 Å². The zero-order valence-electron chi connectivity index (χ0n) is 16.9. The third-order valence-electron chi connectivity index (χ3n) is 5.63. The van der Waals surface area contributed by atoms with E-state index in [2.05, 4.69) is 15.2 Å². The van der Waals surface area contributed by atoms with Crippen LogP contribution in [0.5, 0.6) is 0 Å². The number of nitrogens with one attached hydrogen (secondary N) is 2. The molecule has 5 rings (SSSR count). The Morgan fingerprint density at radius 1 is 1.20 bits per heavy atom. The third-order valence-corrected chi connectivity index (χ3v) is 5.63. The van der Waals surface area contributed by atoms with E-state index in [-0.39, 0.29) is 19.1 Å². The van der Waals surface area contributed by atoms with Gasteiger partial charge in [0.1, 0.15) is 12.2 Å². The van der Waals surface area contributed by atoms with Crippen molar-refractivity contribution in [3.05, 3.63) is 42.0 Å². The van der Waals surface area contributed by atoms with Crippen LogP contribution >= 0.6 is 0 Å². The number of H-pyrrole nitrogens is 2. The number of aromatic nitrogens is 4. The number of para-hydroxylation sites is 1. The van der Waals surface area contributed by atoms with Gasteiger partial charge in [-0.15, -0.1) is 0 Å². The number of anilines is 1. The number of ether oxygens (including phenoxy) is 1. The van der Waals surface area contributed by atoms with E-state index in [1.165, 1.54) is 4.90 Å². The minimum atomic E-state index is -0.756. The van der Waals surface area contributed by atoms with Crippen LogP contribution in [0.15, 0.2) is 36.4 Å². The van der Waals surface area contributed by atoms with Crippen molar-refractivity contribution in [1.29, 1.82) is 0 Å². The fraction of sp³-hybridized carbons (Fsp3) is 0.273. The molecule has 2 aromatic heterocycles. The van der Waals surface area contributed by atoms with Crippen molar-refractivity contribution >= 4 is 39.5 Å². The summed E-state index contributed by atoms with van der Waals surface area (Å²) >= 11 is 0. The molecule has 0 bridgehead atoms. The van der Waals surface area contributed by atoms with Gasteiger partial charge in [-0.3, -0.25) is 14.7 Å². The van der Waals surface area contributed by atoms with Crippen LogP contribution in [0.4, 0.5) is 5.69 Å². The minimum absolute atomic E-state index is 0.112. The number of rotatable bonds is 4. The number of amides is 1. The van der Waals surface area contributed by atoms with Crippen molar-refractivity contribution in [3.63, 3.8) is 0 Å². The second-order valence-electron chi connectivity index (χ2n) is 7.91. The summed E-state index contributed by atoms with van der Waals surface area (Å²) in [7, 11) is 0. The molecule has 1 aliphatic heterocycles. The normalized spacial score (nSPS) is 15.2. The first kappa shape index (κ1) is 18.4. The third kappa shape index (κ3) is 2.60. The first-order valence-electron chi connectivity index (χ1n) is 9.85. The van der Waals surface area contributed by atoms with E-state index in [9.17, 15) is 9.59 Å². The van der Waals surface area contributed by atoms with Gasteiger partial charge in [-0.2, -0.15) is 5.10 Å². The maximum Gasteiger partial charge on any atom is 0.326 e. The predicted molar refractivity (Wildman–Crippen MR) is 113 cm³/mol. The molecule has 0 saturated carbocycles. The summed E-state index contributed by atoms with van der Waals surface area (Å²) in [6.45, 7) is 5.63. The van der Waals surface area contributed by atoms with Crippen LogP contribution in [0.1, 0.15) is 26.3 Å². The molecule has 152 valence electrons. The average Bonchev–Trinajstić information content (AvgIpc) is 3.37. The number of carbonyl (C=O) groups excluding carboxylic acids is 2. The Balaban J connectivity index is 1.62. The number of nitrogens with zero attached hydrogens (tertiary/aromatic N) is 3. The summed E-state index contributed by atoms with van der Waals surface area (Å²) in [6, 6.07) is 11.7. The lowest BCUT2D eigenvalue weighted by molar-refractivity contribution is -0.142. The highest BCUT2D eigenvalue weighted by molar-refractivity contribution is 6.11. The molecule has 0 saturated heterocycles. The molecule has 8 nitrogen and oxygen atoms in total. The fourth-order valence-corrected chi connectivity index (χ4v) is 4.08. The lowest BCUT2D eigenvalue weighted by Crippen LogP contribution is -2.39. The van der Waals surface area contributed by atoms with E-state index in [0.29, 0.717) is 11.5 Å². The minimum Gasteiger partial charge on any atom is -0.465 e. The molecule has 0 atom stereocenters. The number of imidazole rings is 1. The Morgan fingerprint density at radius 2 is 2.00 bits per heavy atom. The van der Waals surface area contributed by atoms with Crippen molar-refractivity contribution in [1.82, 2.24) is 20.2 Å². The van der Waals surface area contributed by atoms with Gasteiger partial charge in [-0.1, -0.05) is 18.2 Å². The van der Waals surface area contributed by atoms with Gasteiger partial charge in [0.2, 0.25) is 5.91 Å². The van der Waals surface area contributed by atoms with Gasteiger partial charge < -0.3 is 14.6 Å². The highest BCUT2D eigenvalue weighted by Gasteiger charge is 2.45. The van der Waals surface area contributed by atoms with Crippen molar-refractivity contribution in [3.8, 4) is 11.5 Å². The van der Waals surface area contributed by atoms with E-state index in [0.717, 1.165) is 33.2 Å². The van der Waals surface area contributed by atoms with Crippen molar-refractivity contribution in [2.75, 3.05) is 18.1 Å². The predicted octanol–water partition coefficient (Wildman–Crippen LogP) is 3.29. The number of fused-ring (bicyclic) bond motifs is 3. The number of carbonyl (C=O) groups is 2. The monoisotopic (exact) mass is 403 g/mol. The summed E-state index contributed by atoms with van der Waals surface area (Å²) in [5.74, 6) is 0.0896. The van der Waals surface area contributed by atoms with Gasteiger partial charge in [0.25, 0.3) is 0 Å². The van der Waals surface area contributed by atoms with Gasteiger partial charge in [0.15, 0.2) is 5.82 Å². The first-order chi connectivity index (χ1) is 14.4. The number of aromatic amines is 2. The van der Waals surface area contributed by atoms with Crippen molar-refractivity contribution < 1.29 is 14.3 Å². The lowest BCUT2D eigenvalue weighted by atomic mass is 9.86. The second-order valence-corrected chi connectivity index (χ2v) is 7.91. The topological polar surface area (TPSA) is 104 Å². The molecule has 0 unspecified atom stereocenters. The van der Waals surface area contributed by atoms with Gasteiger partial charge in [-0.25, -0.2) is 4.98 Å². The number of esters is 1. The fourth-order valence-electron chi connectivity index (χ4n) is 4.08. The van der Waals surface area contributed by atoms with E-state index in [1.807, 2.05) is 50.2 Å². The highest BCUT2D eigenvalue weighted by atomic mass is 16.5. The molecule has 0 spiro atoms. The molecule has 0 fully saturated rings. The zero-order valence-corrected chi connectivity index (χ0v) is 16.9. The molecule has 1 amide bonds. The quantitative estimate of drug-likeness (QED) is 0.509. The van der Waals surface area contributed by atoms with Crippen LogP contribution < -0.4 is 4.90 Å². The Kier molecular flexibility index (Phi) is 3.92. The maximum absolute atomic E-state index is 13.0. The Hall–Kier alpha value is -3.68. The summed E-state index contributed by atoms with van der Waals surface area (Å²) < 4.78 is 5.05. The average molecular weight is 403 g/mol. The van der Waals surface area contributed by atoms with Crippen LogP contribution in [0.2, 0.25) is 0 Å². The van der Waals surface area contributed by atoms with Gasteiger partial charge in [-0.05, 0) is 44.5 Å². The highest BCUT2D eigenvalue weighted by Crippen LogP contribution is 2.43. The van der Waals surface area contributed by atoms with Crippen LogP contribution in [0.25, 0.3) is 33.5 Å². The Labute approximate surface area is 172 Å². The van der Waals surface area contributed by atoms with Gasteiger partial charge >= 0.3 is 5.97 Å². The molecular weight excluding hydrogens is 382 g/mol. The molecule has 8 heteroatoms. The van der Waals surface area contributed by atoms with Gasteiger partial charge in [0.05, 0.1) is 34.3 Å². The van der Waals surface area contributed by atoms with Crippen LogP contribution in [0.3, 0.4) is 0 Å². The Morgan fingerprint density at radius 3 is 2.80 bits per heavy atom. The van der Waals surface area contributed by atoms with Crippen LogP contribution in [0, 0.1) is 0 Å². The summed E-state index contributed by atoms with van der Waals surface area (Å²) in [5, 5.41) is 8.41. The molecule has 0 radical (unpaired) electrons. The number of hydrogen-bond donors (Lipinski definition) is 2. The smallest absolute Gasteiger partial charge is 0.326 e. The molecule has 30 heavy (non-hydrogen) atoms. The largest absolute Gasteiger partial charge is 0.465 e. The molecule has 2 aromatic carbocycles. The second kappa shape index (κ2) is 6.41. The SMILES string of the molecule is CCOC(=O)CN1C(=O)C(C)(C)c2cc3nc(-c4n[nH]c5ccccc45)[nH]c3cc21. The standard InChI is InChI=1S/C22H21N5O3/c1-4-30-18(28)11-27-17-10-16-15(9-13(17)22(2,3)21(27)29)23-20(24-16)19-12-7-5-6-8-14(12)25-26-19/h5-10H,4,11H2,1-3H3,(H,23,24)(H,25,26). The number of hydrogen-bond acceptors (Lipinski definition) is 5. The maximum atomic E-state index is 13.0. The van der Waals surface area contributed by atoms with E-state index >= 15 is 0 Å². The lowest BCUT2D eigenvalue weighted by Gasteiger charge is -2.19. The summed E-state index contributed by atoms with van der Waals surface area (Å²) in [4.78, 5) is 34.6. The molecular formula is C22H21N5O3. The number of benzene rings is 2. The van der Waals surface area contributed by atoms with Gasteiger partial charge in [0, 0.05) is 5.39 Å². The van der Waals surface area contributed by atoms with E-state index < -0.39 is 11.4 Å². The van der Waals surface area contributed by atoms with Crippen LogP contribution in [-0.2, 0) is 19.7 Å². The van der Waals surface area contributed by atoms with Crippen LogP contribution in [-0.4, -0.2) is 45.2 Å². The molecule has 3 heterocycles. The van der Waals surface area contributed by atoms with E-state index in [1.54, 1.807) is 6.92 Å². The first-order valence-corrected chi connectivity index (χ1v) is 9.85. The zero-order chi connectivity index (χ0) is 21.0. The molecule has 2 N–H and O–H groups in total. The summed E-state index contributed by atoms with van der Waals surface area (Å²) in [6.07, 6.45) is 0.